The van der Waals surface area contributed by atoms with Gasteiger partial charge < -0.3 is 0 Å². The molecule has 0 saturated heterocycles. The van der Waals surface area contributed by atoms with E-state index in [9.17, 15) is 0 Å². The highest BCUT2D eigenvalue weighted by Gasteiger charge is 2.32. The normalized spacial score (nSPS) is 20.9. The zero-order valence-electron chi connectivity index (χ0n) is 33.9. The van der Waals surface area contributed by atoms with Crippen LogP contribution in [0, 0.1) is 5.92 Å². The lowest BCUT2D eigenvalue weighted by molar-refractivity contribution is 0.787. The van der Waals surface area contributed by atoms with Gasteiger partial charge in [-0.05, 0) is 107 Å². The maximum atomic E-state index is 2.50. The van der Waals surface area contributed by atoms with E-state index in [0.29, 0.717) is 17.6 Å². The Bertz CT molecular complexity index is 2920. The van der Waals surface area contributed by atoms with Crippen LogP contribution >= 0.6 is 0 Å². The minimum atomic E-state index is 0.385. The standard InChI is InChI=1S/C46H43B9/c47-39-35-32(27-16-15-25-17-24(13-14-26(25)18-27)21-7-2-1-3-8-21)36-38(42(50)46(54)44(52)40(36)48)34(37(35)41(49)45(53)43(39)51)28-11-6-12-30-33(28)29-19-22-9-4-5-10-23(22)20-31(29)55-30/h1-2,4-7,9-17,19-20,26,43,45,55H,3,8,18,47-54H2. The van der Waals surface area contributed by atoms with Crippen molar-refractivity contribution in [3.63, 3.8) is 0 Å². The van der Waals surface area contributed by atoms with Crippen LogP contribution in [-0.4, -0.2) is 70.0 Å². The zero-order chi connectivity index (χ0) is 37.9. The van der Waals surface area contributed by atoms with Gasteiger partial charge in [-0.25, -0.2) is 0 Å². The number of allylic oxidation sites excluding steroid dienone is 12. The van der Waals surface area contributed by atoms with Gasteiger partial charge in [0.2, 0.25) is 0 Å². The van der Waals surface area contributed by atoms with Crippen molar-refractivity contribution >= 4 is 141 Å². The summed E-state index contributed by atoms with van der Waals surface area (Å²) in [5.74, 6) is 1.31. The van der Waals surface area contributed by atoms with Crippen molar-refractivity contribution in [3.05, 3.63) is 136 Å². The van der Waals surface area contributed by atoms with Gasteiger partial charge in [0.25, 0.3) is 0 Å². The first-order valence-electron chi connectivity index (χ1n) is 20.7. The van der Waals surface area contributed by atoms with E-state index in [1.165, 1.54) is 126 Å². The largest absolute Gasteiger partial charge is 0.193 e. The molecule has 0 amide bonds. The van der Waals surface area contributed by atoms with E-state index in [4.69, 9.17) is 0 Å². The molecule has 5 aliphatic rings. The van der Waals surface area contributed by atoms with Crippen molar-refractivity contribution in [2.45, 2.75) is 30.9 Å². The summed E-state index contributed by atoms with van der Waals surface area (Å²) in [4.78, 5) is 0. The molecule has 1 aliphatic heterocycles. The third-order valence-electron chi connectivity index (χ3n) is 14.8. The molecule has 5 aromatic carbocycles. The zero-order valence-corrected chi connectivity index (χ0v) is 33.9. The molecule has 0 fully saturated rings. The van der Waals surface area contributed by atoms with Gasteiger partial charge in [-0.2, -0.15) is 0 Å². The maximum absolute atomic E-state index is 2.50. The van der Waals surface area contributed by atoms with Crippen molar-refractivity contribution in [2.75, 3.05) is 0 Å². The first-order valence-corrected chi connectivity index (χ1v) is 20.7. The molecule has 3 atom stereocenters. The molecule has 55 heavy (non-hydrogen) atoms. The minimum absolute atomic E-state index is 0.385. The number of hydrogen-bond donors (Lipinski definition) is 0. The Morgan fingerprint density at radius 1 is 0.618 bits per heavy atom. The van der Waals surface area contributed by atoms with Gasteiger partial charge in [-0.1, -0.05) is 131 Å². The monoisotopic (exact) mass is 694 g/mol. The van der Waals surface area contributed by atoms with E-state index >= 15 is 0 Å². The summed E-state index contributed by atoms with van der Waals surface area (Å²) in [5, 5.41) is 8.58. The van der Waals surface area contributed by atoms with Crippen molar-refractivity contribution in [1.82, 2.24) is 0 Å². The Balaban J connectivity index is 1.32. The number of fused-ring (bicyclic) bond motifs is 7. The molecule has 0 aromatic heterocycles. The molecule has 1 heterocycles. The first kappa shape index (κ1) is 34.8. The van der Waals surface area contributed by atoms with Gasteiger partial charge >= 0.3 is 0 Å². The van der Waals surface area contributed by atoms with Crippen LogP contribution in [0.25, 0.3) is 60.3 Å². The van der Waals surface area contributed by atoms with Crippen LogP contribution in [0.4, 0.5) is 0 Å². The Labute approximate surface area is 334 Å². The topological polar surface area (TPSA) is 0 Å². The Morgan fingerprint density at radius 3 is 2.02 bits per heavy atom. The Kier molecular flexibility index (Phi) is 8.22. The summed E-state index contributed by atoms with van der Waals surface area (Å²) in [6, 6.07) is 21.0. The third-order valence-corrected chi connectivity index (χ3v) is 14.8. The van der Waals surface area contributed by atoms with Gasteiger partial charge in [0.1, 0.15) is 62.8 Å². The predicted molar refractivity (Wildman–Crippen MR) is 267 cm³/mol. The summed E-state index contributed by atoms with van der Waals surface area (Å²) in [5.41, 5.74) is 24.7. The molecule has 254 valence electrons. The van der Waals surface area contributed by atoms with Crippen molar-refractivity contribution in [2.24, 2.45) is 5.92 Å². The number of hydrogen-bond acceptors (Lipinski definition) is 0. The first-order chi connectivity index (χ1) is 26.6. The van der Waals surface area contributed by atoms with Crippen LogP contribution < -0.4 is 43.2 Å². The van der Waals surface area contributed by atoms with Crippen molar-refractivity contribution in [3.8, 4) is 22.3 Å². The average molecular weight is 693 g/mol. The summed E-state index contributed by atoms with van der Waals surface area (Å²) in [7, 11) is 20.4. The molecule has 0 radical (unpaired) electrons. The molecule has 0 saturated carbocycles. The lowest BCUT2D eigenvalue weighted by atomic mass is 9.50. The summed E-state index contributed by atoms with van der Waals surface area (Å²) in [6.45, 7) is 0. The van der Waals surface area contributed by atoms with E-state index in [0.717, 1.165) is 26.5 Å². The Hall–Kier alpha value is -4.62. The highest BCUT2D eigenvalue weighted by molar-refractivity contribution is 6.74. The fourth-order valence-electron chi connectivity index (χ4n) is 10.9. The van der Waals surface area contributed by atoms with Gasteiger partial charge in [0, 0.05) is 5.92 Å². The molecule has 4 aliphatic carbocycles. The summed E-state index contributed by atoms with van der Waals surface area (Å²) in [6.07, 6.45) is 22.4. The molecule has 5 aromatic rings. The quantitative estimate of drug-likeness (QED) is 0.180. The van der Waals surface area contributed by atoms with E-state index in [1.54, 1.807) is 0 Å². The molecule has 0 N–H and O–H groups in total. The minimum Gasteiger partial charge on any atom is -0.107 e. The van der Waals surface area contributed by atoms with E-state index < -0.39 is 0 Å². The highest BCUT2D eigenvalue weighted by Crippen LogP contribution is 2.42. The number of benzene rings is 5. The highest BCUT2D eigenvalue weighted by atomic mass is 14.3. The molecule has 0 bridgehead atoms. The molecule has 10 rings (SSSR count). The van der Waals surface area contributed by atoms with Gasteiger partial charge in [0.05, 0.1) is 0 Å². The second kappa shape index (κ2) is 13.0. The SMILES string of the molecule is BC1=c2c(C3=CC=C4C=C(C5=CC=CCC5)C=CC4C3)c3c(B)c(B)c(B)c(B)c3c(-c3cccc4c3-c3cc5ccccc5cc3B4)c2=C(B)C(B)C1B. The number of rotatable bonds is 3. The molecule has 3 unspecified atom stereocenters. The molecule has 0 spiro atoms. The fraction of sp³-hybridized carbons (Fsp3) is 0.130. The Morgan fingerprint density at radius 2 is 1.31 bits per heavy atom. The maximum Gasteiger partial charge on any atom is 0.193 e. The van der Waals surface area contributed by atoms with Crippen molar-refractivity contribution in [1.29, 1.82) is 0 Å². The third kappa shape index (κ3) is 5.17. The molecule has 9 heteroatoms. The van der Waals surface area contributed by atoms with Crippen LogP contribution in [0.2, 0.25) is 11.6 Å². The van der Waals surface area contributed by atoms with Gasteiger partial charge in [0.15, 0.2) is 7.28 Å². The summed E-state index contributed by atoms with van der Waals surface area (Å²) >= 11 is 0. The van der Waals surface area contributed by atoms with Crippen LogP contribution in [-0.2, 0) is 0 Å². The molecule has 0 nitrogen and oxygen atoms in total. The fourth-order valence-corrected chi connectivity index (χ4v) is 10.9. The van der Waals surface area contributed by atoms with E-state index in [1.807, 2.05) is 0 Å². The van der Waals surface area contributed by atoms with Gasteiger partial charge in [-0.15, -0.1) is 21.9 Å². The molecular formula is C46H43B9. The van der Waals surface area contributed by atoms with Crippen LogP contribution in [0.1, 0.15) is 24.8 Å². The second-order valence-electron chi connectivity index (χ2n) is 17.4. The van der Waals surface area contributed by atoms with Crippen molar-refractivity contribution < 1.29 is 0 Å². The average Bonchev–Trinajstić information content (AvgIpc) is 3.59. The van der Waals surface area contributed by atoms with Crippen LogP contribution in [0.5, 0.6) is 0 Å². The summed E-state index contributed by atoms with van der Waals surface area (Å²) < 4.78 is 0. The molecular weight excluding hydrogens is 650 g/mol. The lowest BCUT2D eigenvalue weighted by Crippen LogP contribution is -2.51. The smallest absolute Gasteiger partial charge is 0.107 e. The second-order valence-corrected chi connectivity index (χ2v) is 17.4. The van der Waals surface area contributed by atoms with Crippen LogP contribution in [0.3, 0.4) is 0 Å². The van der Waals surface area contributed by atoms with E-state index in [2.05, 4.69) is 166 Å². The van der Waals surface area contributed by atoms with E-state index in [-0.39, 0.29) is 0 Å². The van der Waals surface area contributed by atoms with Crippen LogP contribution in [0.15, 0.2) is 120 Å². The van der Waals surface area contributed by atoms with Gasteiger partial charge in [-0.3, -0.25) is 0 Å². The predicted octanol–water partition coefficient (Wildman–Crippen LogP) is -2.50. The lowest BCUT2D eigenvalue weighted by Gasteiger charge is -2.34.